The molecule has 1 aliphatic rings. The summed E-state index contributed by atoms with van der Waals surface area (Å²) in [6.45, 7) is 7.66. The monoisotopic (exact) mass is 527 g/mol. The third-order valence-corrected chi connectivity index (χ3v) is 6.56. The van der Waals surface area contributed by atoms with E-state index in [1.807, 2.05) is 26.0 Å². The maximum atomic E-state index is 12.2. The Kier molecular flexibility index (Phi) is 5.76. The SMILES string of the molecule is COC(=O)N1[C@H](C)CN(c2nc(NCc3nc4ccc(C)cc4[nH]3)n3ncc(Br)c3n2)C[C@@H]1C. The first kappa shape index (κ1) is 22.4. The van der Waals surface area contributed by atoms with Gasteiger partial charge < -0.3 is 19.9 Å². The highest BCUT2D eigenvalue weighted by atomic mass is 79.9. The smallest absolute Gasteiger partial charge is 0.410 e. The minimum atomic E-state index is -0.321. The van der Waals surface area contributed by atoms with E-state index in [9.17, 15) is 4.79 Å². The Balaban J connectivity index is 1.43. The van der Waals surface area contributed by atoms with Crippen LogP contribution in [0.3, 0.4) is 0 Å². The molecule has 0 aliphatic carbocycles. The molecule has 4 heterocycles. The molecule has 0 spiro atoms. The number of halogens is 1. The minimum absolute atomic E-state index is 0.0557. The first-order valence-electron chi connectivity index (χ1n) is 11.1. The van der Waals surface area contributed by atoms with Gasteiger partial charge in [0.25, 0.3) is 0 Å². The molecule has 5 rings (SSSR count). The van der Waals surface area contributed by atoms with Crippen LogP contribution >= 0.6 is 15.9 Å². The summed E-state index contributed by atoms with van der Waals surface area (Å²) < 4.78 is 7.39. The number of nitrogens with one attached hydrogen (secondary N) is 2. The number of ether oxygens (including phenoxy) is 1. The third-order valence-electron chi connectivity index (χ3n) is 6.00. The van der Waals surface area contributed by atoms with Crippen LogP contribution in [0, 0.1) is 6.92 Å². The van der Waals surface area contributed by atoms with Crippen LogP contribution < -0.4 is 10.2 Å². The number of carbonyl (C=O) groups is 1. The zero-order chi connectivity index (χ0) is 24.0. The summed E-state index contributed by atoms with van der Waals surface area (Å²) in [5.41, 5.74) is 3.75. The number of methoxy groups -OCH3 is 1. The van der Waals surface area contributed by atoms with Crippen molar-refractivity contribution in [3.05, 3.63) is 40.3 Å². The number of imidazole rings is 1. The highest BCUT2D eigenvalue weighted by Gasteiger charge is 2.35. The number of hydrogen-bond acceptors (Lipinski definition) is 8. The van der Waals surface area contributed by atoms with E-state index in [2.05, 4.69) is 54.2 Å². The van der Waals surface area contributed by atoms with Crippen LogP contribution in [-0.2, 0) is 11.3 Å². The molecule has 0 radical (unpaired) electrons. The lowest BCUT2D eigenvalue weighted by atomic mass is 10.1. The number of anilines is 2. The molecule has 34 heavy (non-hydrogen) atoms. The van der Waals surface area contributed by atoms with E-state index < -0.39 is 0 Å². The van der Waals surface area contributed by atoms with Gasteiger partial charge in [-0.25, -0.2) is 9.78 Å². The predicted molar refractivity (Wildman–Crippen MR) is 132 cm³/mol. The van der Waals surface area contributed by atoms with Crippen molar-refractivity contribution >= 4 is 50.6 Å². The van der Waals surface area contributed by atoms with Gasteiger partial charge in [-0.05, 0) is 54.4 Å². The first-order chi connectivity index (χ1) is 16.3. The van der Waals surface area contributed by atoms with Gasteiger partial charge in [-0.15, -0.1) is 0 Å². The Labute approximate surface area is 204 Å². The summed E-state index contributed by atoms with van der Waals surface area (Å²) in [7, 11) is 1.41. The fraction of sp³-hybridized carbons (Fsp3) is 0.409. The van der Waals surface area contributed by atoms with E-state index in [1.165, 1.54) is 12.7 Å². The van der Waals surface area contributed by atoms with E-state index in [0.717, 1.165) is 21.3 Å². The zero-order valence-corrected chi connectivity index (χ0v) is 21.0. The molecule has 2 atom stereocenters. The lowest BCUT2D eigenvalue weighted by Crippen LogP contribution is -2.59. The molecule has 0 bridgehead atoms. The minimum Gasteiger partial charge on any atom is -0.453 e. The van der Waals surface area contributed by atoms with Crippen LogP contribution in [-0.4, -0.2) is 72.8 Å². The predicted octanol–water partition coefficient (Wildman–Crippen LogP) is 3.35. The Morgan fingerprint density at radius 1 is 1.24 bits per heavy atom. The number of aryl methyl sites for hydroxylation is 1. The fourth-order valence-corrected chi connectivity index (χ4v) is 4.82. The number of piperazine rings is 1. The largest absolute Gasteiger partial charge is 0.453 e. The number of fused-ring (bicyclic) bond motifs is 2. The lowest BCUT2D eigenvalue weighted by Gasteiger charge is -2.43. The number of benzene rings is 1. The summed E-state index contributed by atoms with van der Waals surface area (Å²) in [6.07, 6.45) is 1.38. The summed E-state index contributed by atoms with van der Waals surface area (Å²) in [5.74, 6) is 1.92. The molecule has 178 valence electrons. The first-order valence-corrected chi connectivity index (χ1v) is 11.8. The summed E-state index contributed by atoms with van der Waals surface area (Å²) in [4.78, 5) is 33.6. The molecule has 2 N–H and O–H groups in total. The van der Waals surface area contributed by atoms with Crippen molar-refractivity contribution in [3.8, 4) is 0 Å². The van der Waals surface area contributed by atoms with Gasteiger partial charge in [0.05, 0.1) is 47.4 Å². The molecule has 1 saturated heterocycles. The molecule has 11 nitrogen and oxygen atoms in total. The number of aromatic nitrogens is 6. The van der Waals surface area contributed by atoms with Crippen molar-refractivity contribution in [3.63, 3.8) is 0 Å². The molecule has 12 heteroatoms. The van der Waals surface area contributed by atoms with E-state index in [-0.39, 0.29) is 18.2 Å². The van der Waals surface area contributed by atoms with E-state index >= 15 is 0 Å². The number of H-pyrrole nitrogens is 1. The van der Waals surface area contributed by atoms with E-state index in [4.69, 9.17) is 14.7 Å². The van der Waals surface area contributed by atoms with Crippen molar-refractivity contribution in [2.75, 3.05) is 30.4 Å². The average molecular weight is 528 g/mol. The van der Waals surface area contributed by atoms with Crippen LogP contribution in [0.1, 0.15) is 25.2 Å². The van der Waals surface area contributed by atoms with Crippen molar-refractivity contribution in [1.82, 2.24) is 34.4 Å². The number of amides is 1. The van der Waals surface area contributed by atoms with Gasteiger partial charge in [0.15, 0.2) is 5.65 Å². The number of aromatic amines is 1. The van der Waals surface area contributed by atoms with Gasteiger partial charge in [0.1, 0.15) is 5.82 Å². The Morgan fingerprint density at radius 2 is 2.00 bits per heavy atom. The summed E-state index contributed by atoms with van der Waals surface area (Å²) in [6, 6.07) is 6.02. The summed E-state index contributed by atoms with van der Waals surface area (Å²) >= 11 is 3.54. The Bertz CT molecular complexity index is 1360. The van der Waals surface area contributed by atoms with Gasteiger partial charge in [0.2, 0.25) is 11.9 Å². The second-order valence-electron chi connectivity index (χ2n) is 8.61. The van der Waals surface area contributed by atoms with Crippen LogP contribution in [0.15, 0.2) is 28.9 Å². The zero-order valence-electron chi connectivity index (χ0n) is 19.4. The van der Waals surface area contributed by atoms with Crippen molar-refractivity contribution < 1.29 is 9.53 Å². The van der Waals surface area contributed by atoms with E-state index in [0.29, 0.717) is 37.2 Å². The third kappa shape index (κ3) is 4.02. The highest BCUT2D eigenvalue weighted by Crippen LogP contribution is 2.25. The molecule has 0 saturated carbocycles. The molecule has 3 aromatic heterocycles. The lowest BCUT2D eigenvalue weighted by molar-refractivity contribution is 0.0817. The van der Waals surface area contributed by atoms with Gasteiger partial charge in [0, 0.05) is 13.1 Å². The Morgan fingerprint density at radius 3 is 2.74 bits per heavy atom. The molecule has 1 fully saturated rings. The molecule has 1 aliphatic heterocycles. The topological polar surface area (TPSA) is 117 Å². The van der Waals surface area contributed by atoms with Crippen molar-refractivity contribution in [2.45, 2.75) is 39.4 Å². The number of nitrogens with zero attached hydrogens (tertiary/aromatic N) is 7. The fourth-order valence-electron chi connectivity index (χ4n) is 4.47. The average Bonchev–Trinajstić information content (AvgIpc) is 3.39. The van der Waals surface area contributed by atoms with Gasteiger partial charge >= 0.3 is 6.09 Å². The van der Waals surface area contributed by atoms with Gasteiger partial charge in [-0.1, -0.05) is 6.07 Å². The standard InChI is InChI=1S/C22H26BrN9O2/c1-12-5-6-16-17(7-12)27-18(26-16)9-24-20-29-21(28-19-15(23)8-25-32(19)20)30-10-13(2)31(14(3)11-30)22(33)34-4/h5-8,13-14H,9-11H2,1-4H3,(H,26,27)(H,24,28,29)/t13-,14+. The van der Waals surface area contributed by atoms with E-state index in [1.54, 1.807) is 15.6 Å². The van der Waals surface area contributed by atoms with Gasteiger partial charge in [-0.2, -0.15) is 19.6 Å². The molecule has 0 unspecified atom stereocenters. The highest BCUT2D eigenvalue weighted by molar-refractivity contribution is 9.10. The van der Waals surface area contributed by atoms with Crippen LogP contribution in [0.25, 0.3) is 16.7 Å². The normalized spacial score (nSPS) is 18.6. The van der Waals surface area contributed by atoms with Crippen LogP contribution in [0.2, 0.25) is 0 Å². The molecule has 1 amide bonds. The summed E-state index contributed by atoms with van der Waals surface area (Å²) in [5, 5.41) is 7.77. The van der Waals surface area contributed by atoms with Crippen LogP contribution in [0.5, 0.6) is 0 Å². The van der Waals surface area contributed by atoms with Gasteiger partial charge in [-0.3, -0.25) is 4.90 Å². The van der Waals surface area contributed by atoms with Crippen LogP contribution in [0.4, 0.5) is 16.7 Å². The molecular formula is C22H26BrN9O2. The second kappa shape index (κ2) is 8.75. The Hall–Kier alpha value is -3.41. The number of rotatable bonds is 4. The molecule has 4 aromatic rings. The number of hydrogen-bond donors (Lipinski definition) is 2. The molecular weight excluding hydrogens is 502 g/mol. The maximum Gasteiger partial charge on any atom is 0.410 e. The maximum absolute atomic E-state index is 12.2. The number of carbonyl (C=O) groups excluding carboxylic acids is 1. The van der Waals surface area contributed by atoms with Crippen molar-refractivity contribution in [2.24, 2.45) is 0 Å². The van der Waals surface area contributed by atoms with Crippen molar-refractivity contribution in [1.29, 1.82) is 0 Å². The quantitative estimate of drug-likeness (QED) is 0.415. The molecule has 1 aromatic carbocycles. The second-order valence-corrected chi connectivity index (χ2v) is 9.47.